The van der Waals surface area contributed by atoms with Gasteiger partial charge in [-0.25, -0.2) is 4.98 Å². The van der Waals surface area contributed by atoms with Crippen LogP contribution in [0.1, 0.15) is 29.1 Å². The number of aromatic nitrogens is 3. The van der Waals surface area contributed by atoms with Crippen LogP contribution in [0.4, 0.5) is 5.82 Å². The molecule has 3 heterocycles. The van der Waals surface area contributed by atoms with E-state index in [2.05, 4.69) is 20.0 Å². The topological polar surface area (TPSA) is 92.4 Å². The van der Waals surface area contributed by atoms with Gasteiger partial charge in [0.2, 0.25) is 17.6 Å². The van der Waals surface area contributed by atoms with Gasteiger partial charge in [0.25, 0.3) is 0 Å². The third kappa shape index (κ3) is 4.53. The van der Waals surface area contributed by atoms with E-state index in [1.165, 1.54) is 0 Å². The number of hydrogen-bond donors (Lipinski definition) is 0. The molecule has 3 aromatic rings. The Balaban J connectivity index is 1.27. The summed E-state index contributed by atoms with van der Waals surface area (Å²) < 4.78 is 5.00. The van der Waals surface area contributed by atoms with Gasteiger partial charge in [-0.3, -0.25) is 9.59 Å². The highest BCUT2D eigenvalue weighted by Crippen LogP contribution is 2.20. The Kier molecular flexibility index (Phi) is 5.83. The van der Waals surface area contributed by atoms with Crippen molar-refractivity contribution in [2.45, 2.75) is 19.8 Å². The molecule has 0 N–H and O–H groups in total. The highest BCUT2D eigenvalue weighted by molar-refractivity contribution is 5.97. The summed E-state index contributed by atoms with van der Waals surface area (Å²) in [6, 6.07) is 12.9. The Morgan fingerprint density at radius 3 is 2.40 bits per heavy atom. The number of aryl methyl sites for hydroxylation is 1. The van der Waals surface area contributed by atoms with E-state index in [1.54, 1.807) is 25.3 Å². The molecule has 1 aromatic carbocycles. The zero-order chi connectivity index (χ0) is 20.9. The van der Waals surface area contributed by atoms with Gasteiger partial charge < -0.3 is 14.3 Å². The summed E-state index contributed by atoms with van der Waals surface area (Å²) >= 11 is 0. The third-order valence-electron chi connectivity index (χ3n) is 5.15. The van der Waals surface area contributed by atoms with E-state index >= 15 is 0 Å². The number of ketones is 1. The van der Waals surface area contributed by atoms with Crippen molar-refractivity contribution in [3.8, 4) is 11.4 Å². The summed E-state index contributed by atoms with van der Waals surface area (Å²) in [5, 5.41) is 3.90. The van der Waals surface area contributed by atoms with Crippen LogP contribution in [0.25, 0.3) is 11.4 Å². The Morgan fingerprint density at radius 2 is 1.77 bits per heavy atom. The molecule has 1 aliphatic heterocycles. The Bertz CT molecular complexity index is 1010. The summed E-state index contributed by atoms with van der Waals surface area (Å²) in [6.07, 6.45) is 2.21. The first-order valence-electron chi connectivity index (χ1n) is 9.98. The maximum atomic E-state index is 12.5. The van der Waals surface area contributed by atoms with E-state index in [1.807, 2.05) is 35.2 Å². The number of carbonyl (C=O) groups is 2. The van der Waals surface area contributed by atoms with Crippen molar-refractivity contribution in [2.24, 2.45) is 0 Å². The largest absolute Gasteiger partial charge is 0.353 e. The fourth-order valence-electron chi connectivity index (χ4n) is 3.45. The van der Waals surface area contributed by atoms with Crippen LogP contribution < -0.4 is 4.90 Å². The van der Waals surface area contributed by atoms with Crippen LogP contribution in [0.5, 0.6) is 0 Å². The summed E-state index contributed by atoms with van der Waals surface area (Å²) in [6.45, 7) is 4.38. The molecule has 1 fully saturated rings. The van der Waals surface area contributed by atoms with Crippen molar-refractivity contribution in [1.29, 1.82) is 0 Å². The average Bonchev–Trinajstić information content (AvgIpc) is 3.24. The molecule has 0 bridgehead atoms. The van der Waals surface area contributed by atoms with Crippen LogP contribution in [0, 0.1) is 6.92 Å². The highest BCUT2D eigenvalue weighted by Gasteiger charge is 2.22. The Hall–Kier alpha value is -3.55. The number of rotatable bonds is 6. The first kappa shape index (κ1) is 19.8. The lowest BCUT2D eigenvalue weighted by Crippen LogP contribution is -2.49. The lowest BCUT2D eigenvalue weighted by molar-refractivity contribution is -0.131. The van der Waals surface area contributed by atoms with E-state index in [9.17, 15) is 9.59 Å². The molecule has 0 aliphatic carbocycles. The van der Waals surface area contributed by atoms with Gasteiger partial charge in [-0.05, 0) is 12.1 Å². The normalized spacial score (nSPS) is 14.0. The number of anilines is 1. The molecule has 0 saturated carbocycles. The summed E-state index contributed by atoms with van der Waals surface area (Å²) in [7, 11) is 0. The number of pyridine rings is 1. The minimum atomic E-state index is 0.00340. The second-order valence-corrected chi connectivity index (χ2v) is 7.20. The van der Waals surface area contributed by atoms with E-state index in [0.29, 0.717) is 43.5 Å². The number of carbonyl (C=O) groups excluding carboxylic acids is 2. The number of hydrogen-bond acceptors (Lipinski definition) is 7. The van der Waals surface area contributed by atoms with Gasteiger partial charge in [-0.1, -0.05) is 35.5 Å². The van der Waals surface area contributed by atoms with Crippen LogP contribution in [0.15, 0.2) is 53.2 Å². The van der Waals surface area contributed by atoms with Gasteiger partial charge in [-0.2, -0.15) is 4.98 Å². The Labute approximate surface area is 174 Å². The molecule has 30 heavy (non-hydrogen) atoms. The second kappa shape index (κ2) is 8.86. The molecule has 4 rings (SSSR count). The minimum Gasteiger partial charge on any atom is -0.353 e. The van der Waals surface area contributed by atoms with Crippen molar-refractivity contribution in [2.75, 3.05) is 31.1 Å². The van der Waals surface area contributed by atoms with Crippen molar-refractivity contribution < 1.29 is 14.1 Å². The molecule has 0 radical (unpaired) electrons. The highest BCUT2D eigenvalue weighted by atomic mass is 16.5. The molecule has 1 saturated heterocycles. The molecular formula is C22H23N5O3. The van der Waals surface area contributed by atoms with E-state index < -0.39 is 0 Å². The molecule has 0 spiro atoms. The molecule has 2 aromatic heterocycles. The van der Waals surface area contributed by atoms with E-state index in [0.717, 1.165) is 11.4 Å². The van der Waals surface area contributed by atoms with Crippen molar-refractivity contribution in [1.82, 2.24) is 20.0 Å². The molecule has 8 heteroatoms. The fraction of sp³-hybridized carbons (Fsp3) is 0.318. The maximum absolute atomic E-state index is 12.5. The monoisotopic (exact) mass is 405 g/mol. The van der Waals surface area contributed by atoms with Gasteiger partial charge >= 0.3 is 0 Å². The van der Waals surface area contributed by atoms with Gasteiger partial charge in [0.1, 0.15) is 5.82 Å². The summed E-state index contributed by atoms with van der Waals surface area (Å²) in [5.41, 5.74) is 1.45. The van der Waals surface area contributed by atoms with Crippen LogP contribution in [0.3, 0.4) is 0 Å². The first-order valence-corrected chi connectivity index (χ1v) is 9.98. The zero-order valence-corrected chi connectivity index (χ0v) is 16.8. The summed E-state index contributed by atoms with van der Waals surface area (Å²) in [4.78, 5) is 37.4. The molecule has 0 unspecified atom stereocenters. The first-order chi connectivity index (χ1) is 14.6. The number of piperazine rings is 1. The second-order valence-electron chi connectivity index (χ2n) is 7.20. The van der Waals surface area contributed by atoms with Crippen LogP contribution in [-0.4, -0.2) is 57.9 Å². The van der Waals surface area contributed by atoms with Crippen LogP contribution >= 0.6 is 0 Å². The molecule has 8 nitrogen and oxygen atoms in total. The van der Waals surface area contributed by atoms with Crippen molar-refractivity contribution in [3.05, 3.63) is 60.1 Å². The van der Waals surface area contributed by atoms with Gasteiger partial charge in [-0.15, -0.1) is 0 Å². The quantitative estimate of drug-likeness (QED) is 0.582. The smallest absolute Gasteiger partial charge is 0.223 e. The predicted octanol–water partition coefficient (Wildman–Crippen LogP) is 2.75. The van der Waals surface area contributed by atoms with Gasteiger partial charge in [0.15, 0.2) is 5.78 Å². The molecular weight excluding hydrogens is 382 g/mol. The van der Waals surface area contributed by atoms with Crippen LogP contribution in [0.2, 0.25) is 0 Å². The molecule has 1 amide bonds. The third-order valence-corrected chi connectivity index (χ3v) is 5.15. The lowest BCUT2D eigenvalue weighted by atomic mass is 10.1. The van der Waals surface area contributed by atoms with E-state index in [4.69, 9.17) is 4.52 Å². The van der Waals surface area contributed by atoms with E-state index in [-0.39, 0.29) is 24.5 Å². The number of nitrogens with zero attached hydrogens (tertiary/aromatic N) is 5. The molecule has 154 valence electrons. The zero-order valence-electron chi connectivity index (χ0n) is 16.8. The summed E-state index contributed by atoms with van der Waals surface area (Å²) in [5.74, 6) is 1.91. The number of Topliss-reactive ketones (excluding diaryl/α,β-unsaturated/α-hetero) is 1. The Morgan fingerprint density at radius 1 is 1.00 bits per heavy atom. The fourth-order valence-corrected chi connectivity index (χ4v) is 3.45. The predicted molar refractivity (Wildman–Crippen MR) is 111 cm³/mol. The maximum Gasteiger partial charge on any atom is 0.223 e. The lowest BCUT2D eigenvalue weighted by Gasteiger charge is -2.35. The molecule has 0 atom stereocenters. The SMILES string of the molecule is Cc1nc(-c2ccc(N3CCN(C(=O)CCC(=O)c4ccccc4)CC3)nc2)no1. The van der Waals surface area contributed by atoms with Gasteiger partial charge in [0, 0.05) is 63.3 Å². The van der Waals surface area contributed by atoms with Crippen LogP contribution in [-0.2, 0) is 4.79 Å². The average molecular weight is 405 g/mol. The standard InChI is InChI=1S/C22H23N5O3/c1-16-24-22(25-30-16)18-7-9-20(23-15-18)26-11-13-27(14-12-26)21(29)10-8-19(28)17-5-3-2-4-6-17/h2-7,9,15H,8,10-14H2,1H3. The van der Waals surface area contributed by atoms with Crippen molar-refractivity contribution >= 4 is 17.5 Å². The number of benzene rings is 1. The molecule has 1 aliphatic rings. The minimum absolute atomic E-state index is 0.00340. The number of amides is 1. The van der Waals surface area contributed by atoms with Gasteiger partial charge in [0.05, 0.1) is 0 Å². The van der Waals surface area contributed by atoms with Crippen molar-refractivity contribution in [3.63, 3.8) is 0 Å².